The topological polar surface area (TPSA) is 72.7 Å². The van der Waals surface area contributed by atoms with Crippen LogP contribution in [0.1, 0.15) is 18.1 Å². The molecule has 0 spiro atoms. The van der Waals surface area contributed by atoms with E-state index in [4.69, 9.17) is 11.6 Å². The summed E-state index contributed by atoms with van der Waals surface area (Å²) in [5, 5.41) is 15.6. The number of para-hydroxylation sites is 1. The molecule has 0 saturated carbocycles. The van der Waals surface area contributed by atoms with Gasteiger partial charge in [-0.25, -0.2) is 0 Å². The molecule has 0 aliphatic heterocycles. The number of anilines is 1. The molecule has 1 N–H and O–H groups in total. The number of nitrogens with zero attached hydrogens (tertiary/aromatic N) is 4. The Kier molecular flexibility index (Phi) is 5.58. The van der Waals surface area contributed by atoms with Crippen LogP contribution in [0.25, 0.3) is 5.69 Å². The van der Waals surface area contributed by atoms with Gasteiger partial charge in [0.2, 0.25) is 11.1 Å². The van der Waals surface area contributed by atoms with Crippen molar-refractivity contribution in [2.24, 2.45) is 0 Å². The quantitative estimate of drug-likeness (QED) is 0.668. The van der Waals surface area contributed by atoms with Crippen molar-refractivity contribution in [3.8, 4) is 5.69 Å². The van der Waals surface area contributed by atoms with Gasteiger partial charge in [0.05, 0.1) is 10.9 Å². The molecule has 134 valence electrons. The van der Waals surface area contributed by atoms with E-state index >= 15 is 0 Å². The molecular weight excluding hydrogens is 370 g/mol. The third-order valence-corrected chi connectivity index (χ3v) is 5.10. The first-order valence-corrected chi connectivity index (χ1v) is 9.29. The number of carbonyl (C=O) groups is 1. The minimum Gasteiger partial charge on any atom is -0.325 e. The fourth-order valence-corrected chi connectivity index (χ4v) is 3.54. The van der Waals surface area contributed by atoms with Crippen LogP contribution < -0.4 is 5.32 Å². The maximum atomic E-state index is 12.5. The van der Waals surface area contributed by atoms with Gasteiger partial charge >= 0.3 is 0 Å². The zero-order valence-corrected chi connectivity index (χ0v) is 16.2. The zero-order valence-electron chi connectivity index (χ0n) is 14.6. The molecule has 0 unspecified atom stereocenters. The van der Waals surface area contributed by atoms with Gasteiger partial charge in [-0.1, -0.05) is 47.6 Å². The maximum absolute atomic E-state index is 12.5. The van der Waals surface area contributed by atoms with E-state index in [-0.39, 0.29) is 11.2 Å². The maximum Gasteiger partial charge on any atom is 0.237 e. The van der Waals surface area contributed by atoms with Crippen molar-refractivity contribution in [2.45, 2.75) is 31.2 Å². The number of tetrazole rings is 1. The molecule has 1 heterocycles. The highest BCUT2D eigenvalue weighted by molar-refractivity contribution is 8.00. The smallest absolute Gasteiger partial charge is 0.237 e. The lowest BCUT2D eigenvalue weighted by atomic mass is 10.1. The Labute approximate surface area is 160 Å². The van der Waals surface area contributed by atoms with Crippen LogP contribution in [0.15, 0.2) is 47.6 Å². The van der Waals surface area contributed by atoms with Crippen molar-refractivity contribution < 1.29 is 4.79 Å². The van der Waals surface area contributed by atoms with Crippen LogP contribution in [-0.4, -0.2) is 31.4 Å². The predicted octanol–water partition coefficient (Wildman–Crippen LogP) is 4.05. The lowest BCUT2D eigenvalue weighted by molar-refractivity contribution is -0.115. The van der Waals surface area contributed by atoms with Crippen LogP contribution in [0.2, 0.25) is 5.02 Å². The zero-order chi connectivity index (χ0) is 18.7. The minimum atomic E-state index is -0.386. The highest BCUT2D eigenvalue weighted by Crippen LogP contribution is 2.27. The molecule has 8 heteroatoms. The number of hydrogen-bond donors (Lipinski definition) is 1. The number of carbonyl (C=O) groups excluding carboxylic acids is 1. The fraction of sp³-hybridized carbons (Fsp3) is 0.222. The van der Waals surface area contributed by atoms with E-state index in [9.17, 15) is 4.79 Å². The first-order valence-electron chi connectivity index (χ1n) is 8.04. The number of halogens is 1. The molecule has 2 aromatic carbocycles. The second-order valence-corrected chi connectivity index (χ2v) is 7.62. The number of nitrogens with one attached hydrogen (secondary N) is 1. The van der Waals surface area contributed by atoms with Crippen LogP contribution in [0.5, 0.6) is 0 Å². The van der Waals surface area contributed by atoms with E-state index in [1.165, 1.54) is 11.8 Å². The van der Waals surface area contributed by atoms with E-state index in [2.05, 4.69) is 20.8 Å². The van der Waals surface area contributed by atoms with E-state index in [0.717, 1.165) is 16.8 Å². The third-order valence-electron chi connectivity index (χ3n) is 3.84. The molecule has 0 bridgehead atoms. The Morgan fingerprint density at radius 3 is 2.58 bits per heavy atom. The highest BCUT2D eigenvalue weighted by atomic mass is 35.5. The molecule has 3 aromatic rings. The van der Waals surface area contributed by atoms with Gasteiger partial charge in [0, 0.05) is 10.7 Å². The molecular formula is C18H18ClN5OS. The first kappa shape index (κ1) is 18.4. The van der Waals surface area contributed by atoms with Gasteiger partial charge in [-0.15, -0.1) is 5.10 Å². The Morgan fingerprint density at radius 1 is 1.19 bits per heavy atom. The van der Waals surface area contributed by atoms with E-state index in [1.54, 1.807) is 28.9 Å². The predicted molar refractivity (Wildman–Crippen MR) is 104 cm³/mol. The lowest BCUT2D eigenvalue weighted by Crippen LogP contribution is -2.23. The standard InChI is InChI=1S/C18H18ClN5OS/c1-11-6-4-7-12(2)16(11)24-18(21-22-23-24)26-13(3)17(25)20-15-9-5-8-14(19)10-15/h4-10,13H,1-3H3,(H,20,25)/t13-/m0/s1. The van der Waals surface area contributed by atoms with Crippen molar-refractivity contribution in [2.75, 3.05) is 5.32 Å². The van der Waals surface area contributed by atoms with Gasteiger partial charge in [0.15, 0.2) is 0 Å². The van der Waals surface area contributed by atoms with Crippen LogP contribution in [0.4, 0.5) is 5.69 Å². The van der Waals surface area contributed by atoms with Gasteiger partial charge in [-0.05, 0) is 60.5 Å². The molecule has 1 aromatic heterocycles. The number of aromatic nitrogens is 4. The average molecular weight is 388 g/mol. The second-order valence-electron chi connectivity index (χ2n) is 5.87. The molecule has 1 amide bonds. The summed E-state index contributed by atoms with van der Waals surface area (Å²) in [6.45, 7) is 5.83. The van der Waals surface area contributed by atoms with Crippen LogP contribution in [0.3, 0.4) is 0 Å². The summed E-state index contributed by atoms with van der Waals surface area (Å²) >= 11 is 7.26. The van der Waals surface area contributed by atoms with Crippen LogP contribution in [0, 0.1) is 13.8 Å². The summed E-state index contributed by atoms with van der Waals surface area (Å²) in [6.07, 6.45) is 0. The van der Waals surface area contributed by atoms with Gasteiger partial charge in [0.25, 0.3) is 0 Å². The van der Waals surface area contributed by atoms with Gasteiger partial charge in [0.1, 0.15) is 0 Å². The summed E-state index contributed by atoms with van der Waals surface area (Å²) in [4.78, 5) is 12.5. The number of thioether (sulfide) groups is 1. The summed E-state index contributed by atoms with van der Waals surface area (Å²) in [7, 11) is 0. The highest BCUT2D eigenvalue weighted by Gasteiger charge is 2.20. The summed E-state index contributed by atoms with van der Waals surface area (Å²) in [5.41, 5.74) is 3.72. The van der Waals surface area contributed by atoms with Crippen molar-refractivity contribution in [1.29, 1.82) is 0 Å². The molecule has 0 fully saturated rings. The van der Waals surface area contributed by atoms with Gasteiger partial charge in [-0.2, -0.15) is 4.68 Å². The summed E-state index contributed by atoms with van der Waals surface area (Å²) < 4.78 is 1.68. The number of aryl methyl sites for hydroxylation is 2. The Balaban J connectivity index is 1.77. The van der Waals surface area contributed by atoms with E-state index in [1.807, 2.05) is 39.0 Å². The molecule has 6 nitrogen and oxygen atoms in total. The SMILES string of the molecule is Cc1cccc(C)c1-n1nnnc1S[C@@H](C)C(=O)Nc1cccc(Cl)c1. The normalized spacial score (nSPS) is 12.0. The fourth-order valence-electron chi connectivity index (χ4n) is 2.55. The number of amides is 1. The number of rotatable bonds is 5. The molecule has 0 aliphatic carbocycles. The number of benzene rings is 2. The summed E-state index contributed by atoms with van der Waals surface area (Å²) in [5.74, 6) is -0.145. The van der Waals surface area contributed by atoms with Crippen molar-refractivity contribution in [1.82, 2.24) is 20.2 Å². The lowest BCUT2D eigenvalue weighted by Gasteiger charge is -2.14. The van der Waals surface area contributed by atoms with Crippen LogP contribution >= 0.6 is 23.4 Å². The number of hydrogen-bond acceptors (Lipinski definition) is 5. The third kappa shape index (κ3) is 4.05. The first-order chi connectivity index (χ1) is 12.5. The average Bonchev–Trinajstić information content (AvgIpc) is 3.02. The Morgan fingerprint density at radius 2 is 1.88 bits per heavy atom. The van der Waals surface area contributed by atoms with Gasteiger partial charge < -0.3 is 5.32 Å². The Hall–Kier alpha value is -2.38. The second kappa shape index (κ2) is 7.88. The minimum absolute atomic E-state index is 0.145. The van der Waals surface area contributed by atoms with Gasteiger partial charge in [-0.3, -0.25) is 4.79 Å². The van der Waals surface area contributed by atoms with E-state index in [0.29, 0.717) is 15.9 Å². The molecule has 0 aliphatic rings. The monoisotopic (exact) mass is 387 g/mol. The molecule has 0 radical (unpaired) electrons. The van der Waals surface area contributed by atoms with Crippen molar-refractivity contribution >= 4 is 35.0 Å². The summed E-state index contributed by atoms with van der Waals surface area (Å²) in [6, 6.07) is 13.1. The molecule has 3 rings (SSSR count). The molecule has 1 atom stereocenters. The largest absolute Gasteiger partial charge is 0.325 e. The molecule has 26 heavy (non-hydrogen) atoms. The Bertz CT molecular complexity index is 923. The van der Waals surface area contributed by atoms with E-state index < -0.39 is 0 Å². The van der Waals surface area contributed by atoms with Crippen molar-refractivity contribution in [3.05, 3.63) is 58.6 Å². The molecule has 0 saturated heterocycles. The van der Waals surface area contributed by atoms with Crippen molar-refractivity contribution in [3.63, 3.8) is 0 Å². The van der Waals surface area contributed by atoms with Crippen LogP contribution in [-0.2, 0) is 4.79 Å².